The molecule has 0 radical (unpaired) electrons. The van der Waals surface area contributed by atoms with E-state index in [1.807, 2.05) is 0 Å². The summed E-state index contributed by atoms with van der Waals surface area (Å²) in [6.45, 7) is -1.20. The van der Waals surface area contributed by atoms with Gasteiger partial charge in [-0.25, -0.2) is 9.37 Å². The quantitative estimate of drug-likeness (QED) is 0.365. The van der Waals surface area contributed by atoms with Gasteiger partial charge in [-0.1, -0.05) is 0 Å². The Kier molecular flexibility index (Phi) is 4.05. The van der Waals surface area contributed by atoms with Gasteiger partial charge in [-0.3, -0.25) is 4.79 Å². The van der Waals surface area contributed by atoms with Crippen LogP contribution in [0.1, 0.15) is 15.9 Å². The standard InChI is InChI=1S/C8H4F4INO2/c9-1-5-6(16-8(10,11)12)4(3-15)2-14-7(5)13/h2-3H,1H2. The second-order valence-electron chi connectivity index (χ2n) is 2.61. The van der Waals surface area contributed by atoms with E-state index in [1.165, 1.54) is 0 Å². The van der Waals surface area contributed by atoms with Crippen LogP contribution in [0.3, 0.4) is 0 Å². The molecule has 0 aliphatic carbocycles. The number of aldehydes is 1. The molecular weight excluding hydrogens is 345 g/mol. The molecule has 0 amide bonds. The van der Waals surface area contributed by atoms with E-state index >= 15 is 0 Å². The molecule has 0 fully saturated rings. The average Bonchev–Trinajstić information content (AvgIpc) is 2.16. The lowest BCUT2D eigenvalue weighted by Crippen LogP contribution is -2.19. The van der Waals surface area contributed by atoms with Gasteiger partial charge in [-0.15, -0.1) is 13.2 Å². The third-order valence-electron chi connectivity index (χ3n) is 1.58. The Hall–Kier alpha value is -0.930. The SMILES string of the molecule is O=Cc1cnc(I)c(CF)c1OC(F)(F)F. The molecule has 1 heterocycles. The highest BCUT2D eigenvalue weighted by Crippen LogP contribution is 2.31. The van der Waals surface area contributed by atoms with Crippen molar-refractivity contribution in [1.82, 2.24) is 4.98 Å². The third-order valence-corrected chi connectivity index (χ3v) is 2.51. The smallest absolute Gasteiger partial charge is 0.404 e. The molecule has 0 aliphatic heterocycles. The molecule has 3 nitrogen and oxygen atoms in total. The van der Waals surface area contributed by atoms with E-state index in [0.717, 1.165) is 6.20 Å². The number of rotatable bonds is 3. The first-order chi connectivity index (χ1) is 7.39. The number of hydrogen-bond donors (Lipinski definition) is 0. The Labute approximate surface area is 101 Å². The minimum absolute atomic E-state index is 0.0185. The Morgan fingerprint density at radius 1 is 1.50 bits per heavy atom. The fourth-order valence-electron chi connectivity index (χ4n) is 0.967. The van der Waals surface area contributed by atoms with Crippen LogP contribution in [-0.4, -0.2) is 17.6 Å². The van der Waals surface area contributed by atoms with Crippen molar-refractivity contribution in [3.8, 4) is 5.75 Å². The maximum atomic E-state index is 12.5. The highest BCUT2D eigenvalue weighted by Gasteiger charge is 2.34. The number of pyridine rings is 1. The Morgan fingerprint density at radius 2 is 2.12 bits per heavy atom. The summed E-state index contributed by atoms with van der Waals surface area (Å²) in [5, 5.41) is 0. The largest absolute Gasteiger partial charge is 0.573 e. The lowest BCUT2D eigenvalue weighted by atomic mass is 10.2. The van der Waals surface area contributed by atoms with Gasteiger partial charge in [0, 0.05) is 6.20 Å². The van der Waals surface area contributed by atoms with Crippen molar-refractivity contribution in [3.63, 3.8) is 0 Å². The van der Waals surface area contributed by atoms with Crippen molar-refractivity contribution >= 4 is 28.9 Å². The molecule has 0 aliphatic rings. The summed E-state index contributed by atoms with van der Waals surface area (Å²) in [4.78, 5) is 14.1. The number of aromatic nitrogens is 1. The van der Waals surface area contributed by atoms with Crippen LogP contribution in [0, 0.1) is 3.70 Å². The van der Waals surface area contributed by atoms with Gasteiger partial charge >= 0.3 is 6.36 Å². The fraction of sp³-hybridized carbons (Fsp3) is 0.250. The number of alkyl halides is 4. The number of ether oxygens (including phenoxy) is 1. The monoisotopic (exact) mass is 349 g/mol. The predicted octanol–water partition coefficient (Wildman–Crippen LogP) is 2.87. The van der Waals surface area contributed by atoms with Gasteiger partial charge in [0.2, 0.25) is 0 Å². The van der Waals surface area contributed by atoms with Crippen molar-refractivity contribution in [2.45, 2.75) is 13.0 Å². The van der Waals surface area contributed by atoms with E-state index in [4.69, 9.17) is 0 Å². The Balaban J connectivity index is 3.31. The normalized spacial score (nSPS) is 11.3. The zero-order chi connectivity index (χ0) is 12.3. The summed E-state index contributed by atoms with van der Waals surface area (Å²) in [7, 11) is 0. The first-order valence-electron chi connectivity index (χ1n) is 3.83. The molecule has 0 unspecified atom stereocenters. The summed E-state index contributed by atoms with van der Waals surface area (Å²) in [5.41, 5.74) is -0.826. The highest BCUT2D eigenvalue weighted by molar-refractivity contribution is 14.1. The number of carbonyl (C=O) groups is 1. The molecule has 1 aromatic rings. The van der Waals surface area contributed by atoms with Crippen LogP contribution in [0.15, 0.2) is 6.20 Å². The number of nitrogens with zero attached hydrogens (tertiary/aromatic N) is 1. The zero-order valence-electron chi connectivity index (χ0n) is 7.52. The molecule has 0 bridgehead atoms. The van der Waals surface area contributed by atoms with Crippen LogP contribution in [0.2, 0.25) is 0 Å². The topological polar surface area (TPSA) is 39.2 Å². The number of carbonyl (C=O) groups excluding carboxylic acids is 1. The molecule has 0 aromatic carbocycles. The fourth-order valence-corrected chi connectivity index (χ4v) is 1.50. The molecular formula is C8H4F4INO2. The lowest BCUT2D eigenvalue weighted by molar-refractivity contribution is -0.275. The van der Waals surface area contributed by atoms with E-state index in [-0.39, 0.29) is 15.6 Å². The summed E-state index contributed by atoms with van der Waals surface area (Å²) in [5.74, 6) is -0.829. The van der Waals surface area contributed by atoms with Gasteiger partial charge in [-0.2, -0.15) is 0 Å². The molecule has 0 spiro atoms. The minimum Gasteiger partial charge on any atom is -0.404 e. The van der Waals surface area contributed by atoms with Crippen molar-refractivity contribution in [2.75, 3.05) is 0 Å². The van der Waals surface area contributed by atoms with Crippen LogP contribution in [0.25, 0.3) is 0 Å². The van der Waals surface area contributed by atoms with E-state index in [2.05, 4.69) is 9.72 Å². The minimum atomic E-state index is -4.98. The van der Waals surface area contributed by atoms with Crippen molar-refractivity contribution in [1.29, 1.82) is 0 Å². The van der Waals surface area contributed by atoms with Crippen LogP contribution in [-0.2, 0) is 6.67 Å². The van der Waals surface area contributed by atoms with Crippen molar-refractivity contribution < 1.29 is 27.1 Å². The number of hydrogen-bond acceptors (Lipinski definition) is 3. The summed E-state index contributed by atoms with van der Waals surface area (Å²) in [6, 6.07) is 0. The van der Waals surface area contributed by atoms with E-state index < -0.39 is 24.3 Å². The molecule has 1 aromatic heterocycles. The second kappa shape index (κ2) is 4.93. The van der Waals surface area contributed by atoms with Crippen LogP contribution in [0.4, 0.5) is 17.6 Å². The Morgan fingerprint density at radius 3 is 2.56 bits per heavy atom. The van der Waals surface area contributed by atoms with Gasteiger partial charge in [0.1, 0.15) is 16.1 Å². The summed E-state index contributed by atoms with van der Waals surface area (Å²) in [6.07, 6.45) is -3.95. The Bertz CT molecular complexity index is 408. The van der Waals surface area contributed by atoms with Gasteiger partial charge in [0.25, 0.3) is 0 Å². The van der Waals surface area contributed by atoms with Crippen molar-refractivity contribution in [3.05, 3.63) is 21.0 Å². The molecule has 16 heavy (non-hydrogen) atoms. The maximum absolute atomic E-state index is 12.5. The summed E-state index contributed by atoms with van der Waals surface area (Å²) < 4.78 is 52.2. The van der Waals surface area contributed by atoms with Crippen LogP contribution >= 0.6 is 22.6 Å². The van der Waals surface area contributed by atoms with E-state index in [9.17, 15) is 22.4 Å². The average molecular weight is 349 g/mol. The van der Waals surface area contributed by atoms with Gasteiger partial charge in [0.05, 0.1) is 11.1 Å². The first kappa shape index (κ1) is 13.1. The highest BCUT2D eigenvalue weighted by atomic mass is 127. The molecule has 1 rings (SSSR count). The molecule has 88 valence electrons. The maximum Gasteiger partial charge on any atom is 0.573 e. The van der Waals surface area contributed by atoms with Crippen LogP contribution < -0.4 is 4.74 Å². The molecule has 8 heteroatoms. The second-order valence-corrected chi connectivity index (χ2v) is 3.63. The van der Waals surface area contributed by atoms with Crippen LogP contribution in [0.5, 0.6) is 5.75 Å². The van der Waals surface area contributed by atoms with E-state index in [0.29, 0.717) is 0 Å². The lowest BCUT2D eigenvalue weighted by Gasteiger charge is -2.14. The van der Waals surface area contributed by atoms with Gasteiger partial charge < -0.3 is 4.74 Å². The summed E-state index contributed by atoms with van der Waals surface area (Å²) >= 11 is 1.56. The predicted molar refractivity (Wildman–Crippen MR) is 53.8 cm³/mol. The first-order valence-corrected chi connectivity index (χ1v) is 4.91. The van der Waals surface area contributed by atoms with Gasteiger partial charge in [0.15, 0.2) is 6.29 Å². The molecule has 0 saturated heterocycles. The molecule has 0 saturated carbocycles. The van der Waals surface area contributed by atoms with Gasteiger partial charge in [-0.05, 0) is 22.6 Å². The van der Waals surface area contributed by atoms with E-state index in [1.54, 1.807) is 22.6 Å². The third kappa shape index (κ3) is 3.03. The number of halogens is 5. The zero-order valence-corrected chi connectivity index (χ0v) is 9.67. The molecule has 0 N–H and O–H groups in total. The molecule has 0 atom stereocenters. The van der Waals surface area contributed by atoms with Crippen molar-refractivity contribution in [2.24, 2.45) is 0 Å².